The van der Waals surface area contributed by atoms with Gasteiger partial charge in [-0.05, 0) is 12.5 Å². The number of pyridine rings is 1. The molecule has 0 bridgehead atoms. The highest BCUT2D eigenvalue weighted by Crippen LogP contribution is 2.35. The van der Waals surface area contributed by atoms with Gasteiger partial charge >= 0.3 is 0 Å². The Bertz CT molecular complexity index is 275. The van der Waals surface area contributed by atoms with Crippen LogP contribution in [-0.2, 0) is 6.42 Å². The molecule has 58 valence electrons. The van der Waals surface area contributed by atoms with Gasteiger partial charge in [-0.3, -0.25) is 0 Å². The molecule has 0 saturated heterocycles. The molecule has 0 atom stereocenters. The summed E-state index contributed by atoms with van der Waals surface area (Å²) in [6, 6.07) is 2.05. The van der Waals surface area contributed by atoms with Gasteiger partial charge in [0.05, 0.1) is 7.11 Å². The van der Waals surface area contributed by atoms with Crippen molar-refractivity contribution < 1.29 is 4.74 Å². The van der Waals surface area contributed by atoms with E-state index in [0.717, 1.165) is 18.1 Å². The Hall–Kier alpha value is -0.700. The van der Waals surface area contributed by atoms with E-state index >= 15 is 0 Å². The van der Waals surface area contributed by atoms with Gasteiger partial charge in [0.1, 0.15) is 0 Å². The highest BCUT2D eigenvalue weighted by atomic mass is 32.2. The van der Waals surface area contributed by atoms with Crippen molar-refractivity contribution >= 4 is 11.8 Å². The predicted molar refractivity (Wildman–Crippen MR) is 45.2 cm³/mol. The zero-order chi connectivity index (χ0) is 7.68. The van der Waals surface area contributed by atoms with Gasteiger partial charge in [-0.25, -0.2) is 4.98 Å². The minimum Gasteiger partial charge on any atom is -0.481 e. The van der Waals surface area contributed by atoms with Crippen molar-refractivity contribution in [1.82, 2.24) is 4.98 Å². The Morgan fingerprint density at radius 3 is 3.36 bits per heavy atom. The summed E-state index contributed by atoms with van der Waals surface area (Å²) in [5.74, 6) is 1.96. The predicted octanol–water partition coefficient (Wildman–Crippen LogP) is 1.74. The second kappa shape index (κ2) is 2.74. The normalized spacial score (nSPS) is 14.6. The molecule has 1 aromatic heterocycles. The summed E-state index contributed by atoms with van der Waals surface area (Å²) in [5.41, 5.74) is 1.28. The quantitative estimate of drug-likeness (QED) is 0.636. The van der Waals surface area contributed by atoms with Crippen molar-refractivity contribution in [3.63, 3.8) is 0 Å². The molecule has 0 radical (unpaired) electrons. The van der Waals surface area contributed by atoms with Crippen LogP contribution in [0.2, 0.25) is 0 Å². The molecule has 0 unspecified atom stereocenters. The van der Waals surface area contributed by atoms with E-state index in [4.69, 9.17) is 4.74 Å². The van der Waals surface area contributed by atoms with Crippen LogP contribution in [0.5, 0.6) is 5.88 Å². The second-order valence-electron chi connectivity index (χ2n) is 2.40. The fraction of sp³-hybridized carbons (Fsp3) is 0.375. The van der Waals surface area contributed by atoms with Crippen LogP contribution in [0.4, 0.5) is 0 Å². The van der Waals surface area contributed by atoms with Crippen LogP contribution < -0.4 is 4.74 Å². The van der Waals surface area contributed by atoms with Gasteiger partial charge in [-0.15, -0.1) is 11.8 Å². The monoisotopic (exact) mass is 167 g/mol. The van der Waals surface area contributed by atoms with Crippen molar-refractivity contribution in [2.24, 2.45) is 0 Å². The van der Waals surface area contributed by atoms with Crippen LogP contribution in [0.25, 0.3) is 0 Å². The highest BCUT2D eigenvalue weighted by molar-refractivity contribution is 7.99. The zero-order valence-corrected chi connectivity index (χ0v) is 7.15. The van der Waals surface area contributed by atoms with Crippen LogP contribution in [0.15, 0.2) is 17.2 Å². The fourth-order valence-electron chi connectivity index (χ4n) is 1.26. The van der Waals surface area contributed by atoms with Gasteiger partial charge in [-0.2, -0.15) is 0 Å². The number of methoxy groups -OCH3 is 1. The molecule has 0 spiro atoms. The SMILES string of the molecule is COc1nccc2c1CCS2. The van der Waals surface area contributed by atoms with Crippen LogP contribution in [0.1, 0.15) is 5.56 Å². The summed E-state index contributed by atoms with van der Waals surface area (Å²) in [6.07, 6.45) is 2.90. The number of ether oxygens (including phenoxy) is 1. The van der Waals surface area contributed by atoms with Gasteiger partial charge in [0.2, 0.25) is 5.88 Å². The summed E-state index contributed by atoms with van der Waals surface area (Å²) in [5, 5.41) is 0. The Morgan fingerprint density at radius 2 is 2.55 bits per heavy atom. The molecule has 2 heterocycles. The van der Waals surface area contributed by atoms with Crippen molar-refractivity contribution in [3.05, 3.63) is 17.8 Å². The third-order valence-corrected chi connectivity index (χ3v) is 2.88. The van der Waals surface area contributed by atoms with Crippen LogP contribution in [0, 0.1) is 0 Å². The molecule has 0 N–H and O–H groups in total. The van der Waals surface area contributed by atoms with Gasteiger partial charge < -0.3 is 4.74 Å². The number of hydrogen-bond donors (Lipinski definition) is 0. The summed E-state index contributed by atoms with van der Waals surface area (Å²) in [4.78, 5) is 5.46. The number of nitrogens with zero attached hydrogens (tertiary/aromatic N) is 1. The molecule has 1 aromatic rings. The largest absolute Gasteiger partial charge is 0.481 e. The third-order valence-electron chi connectivity index (χ3n) is 1.78. The maximum atomic E-state index is 5.13. The Balaban J connectivity index is 2.50. The first kappa shape index (κ1) is 6.98. The van der Waals surface area contributed by atoms with Crippen LogP contribution in [-0.4, -0.2) is 17.8 Å². The average Bonchev–Trinajstić information content (AvgIpc) is 2.50. The Morgan fingerprint density at radius 1 is 1.64 bits per heavy atom. The van der Waals surface area contributed by atoms with Crippen molar-refractivity contribution in [1.29, 1.82) is 0 Å². The van der Waals surface area contributed by atoms with Crippen molar-refractivity contribution in [3.8, 4) is 5.88 Å². The molecule has 3 heteroatoms. The molecule has 1 aliphatic rings. The molecule has 0 aliphatic carbocycles. The summed E-state index contributed by atoms with van der Waals surface area (Å²) < 4.78 is 5.13. The smallest absolute Gasteiger partial charge is 0.217 e. The average molecular weight is 167 g/mol. The van der Waals surface area contributed by atoms with E-state index in [0.29, 0.717) is 0 Å². The first-order chi connectivity index (χ1) is 5.42. The van der Waals surface area contributed by atoms with E-state index in [-0.39, 0.29) is 0 Å². The Kier molecular flexibility index (Phi) is 1.74. The molecule has 0 aromatic carbocycles. The lowest BCUT2D eigenvalue weighted by atomic mass is 10.2. The van der Waals surface area contributed by atoms with Gasteiger partial charge in [0, 0.05) is 22.4 Å². The lowest BCUT2D eigenvalue weighted by Crippen LogP contribution is -1.92. The van der Waals surface area contributed by atoms with E-state index in [1.165, 1.54) is 10.5 Å². The van der Waals surface area contributed by atoms with E-state index in [2.05, 4.69) is 11.1 Å². The number of fused-ring (bicyclic) bond motifs is 1. The standard InChI is InChI=1S/C8H9NOS/c1-10-8-6-3-5-11-7(6)2-4-9-8/h2,4H,3,5H2,1H3. The number of rotatable bonds is 1. The molecule has 2 rings (SSSR count). The topological polar surface area (TPSA) is 22.1 Å². The van der Waals surface area contributed by atoms with E-state index in [1.54, 1.807) is 13.3 Å². The molecular formula is C8H9NOS. The lowest BCUT2D eigenvalue weighted by Gasteiger charge is -2.02. The first-order valence-electron chi connectivity index (χ1n) is 3.56. The molecule has 0 amide bonds. The van der Waals surface area contributed by atoms with Crippen molar-refractivity contribution in [2.75, 3.05) is 12.9 Å². The van der Waals surface area contributed by atoms with E-state index in [1.807, 2.05) is 11.8 Å². The summed E-state index contributed by atoms with van der Waals surface area (Å²) in [6.45, 7) is 0. The summed E-state index contributed by atoms with van der Waals surface area (Å²) in [7, 11) is 1.67. The molecular weight excluding hydrogens is 158 g/mol. The zero-order valence-electron chi connectivity index (χ0n) is 6.33. The van der Waals surface area contributed by atoms with Crippen molar-refractivity contribution in [2.45, 2.75) is 11.3 Å². The van der Waals surface area contributed by atoms with E-state index < -0.39 is 0 Å². The van der Waals surface area contributed by atoms with E-state index in [9.17, 15) is 0 Å². The van der Waals surface area contributed by atoms with Crippen LogP contribution >= 0.6 is 11.8 Å². The second-order valence-corrected chi connectivity index (χ2v) is 3.53. The van der Waals surface area contributed by atoms with Crippen LogP contribution in [0.3, 0.4) is 0 Å². The summed E-state index contributed by atoms with van der Waals surface area (Å²) >= 11 is 1.88. The van der Waals surface area contributed by atoms with Gasteiger partial charge in [0.15, 0.2) is 0 Å². The maximum absolute atomic E-state index is 5.13. The van der Waals surface area contributed by atoms with Gasteiger partial charge in [0.25, 0.3) is 0 Å². The molecule has 1 aliphatic heterocycles. The molecule has 0 fully saturated rings. The third kappa shape index (κ3) is 1.09. The fourth-order valence-corrected chi connectivity index (χ4v) is 2.31. The minimum atomic E-state index is 0.799. The first-order valence-corrected chi connectivity index (χ1v) is 4.55. The number of hydrogen-bond acceptors (Lipinski definition) is 3. The number of thioether (sulfide) groups is 1. The minimum absolute atomic E-state index is 0.799. The number of aromatic nitrogens is 1. The molecule has 0 saturated carbocycles. The molecule has 11 heavy (non-hydrogen) atoms. The molecule has 2 nitrogen and oxygen atoms in total. The highest BCUT2D eigenvalue weighted by Gasteiger charge is 2.15. The lowest BCUT2D eigenvalue weighted by molar-refractivity contribution is 0.392. The van der Waals surface area contributed by atoms with Gasteiger partial charge in [-0.1, -0.05) is 0 Å². The maximum Gasteiger partial charge on any atom is 0.217 e. The Labute approximate surface area is 70.0 Å².